The summed E-state index contributed by atoms with van der Waals surface area (Å²) >= 11 is 6.16. The number of anilines is 1. The number of carbonyl (C=O) groups excluding carboxylic acids is 2. The summed E-state index contributed by atoms with van der Waals surface area (Å²) in [6.45, 7) is 2.93. The number of benzene rings is 2. The van der Waals surface area contributed by atoms with Crippen molar-refractivity contribution in [3.05, 3.63) is 77.2 Å². The first-order chi connectivity index (χ1) is 15.0. The molecule has 0 radical (unpaired) electrons. The van der Waals surface area contributed by atoms with E-state index in [-0.39, 0.29) is 23.5 Å². The van der Waals surface area contributed by atoms with Crippen LogP contribution in [0.1, 0.15) is 29.0 Å². The van der Waals surface area contributed by atoms with Crippen molar-refractivity contribution in [1.82, 2.24) is 4.90 Å². The molecule has 7 heteroatoms. The van der Waals surface area contributed by atoms with E-state index in [1.54, 1.807) is 35.2 Å². The number of furan rings is 1. The molecular formula is C24H23ClN2O4. The van der Waals surface area contributed by atoms with Crippen LogP contribution >= 0.6 is 11.6 Å². The van der Waals surface area contributed by atoms with Crippen molar-refractivity contribution in [3.8, 4) is 11.5 Å². The third-order valence-electron chi connectivity index (χ3n) is 5.26. The van der Waals surface area contributed by atoms with Gasteiger partial charge in [0.2, 0.25) is 5.91 Å². The molecule has 1 aliphatic heterocycles. The van der Waals surface area contributed by atoms with Crippen molar-refractivity contribution in [2.45, 2.75) is 19.8 Å². The zero-order valence-electron chi connectivity index (χ0n) is 17.1. The molecule has 1 aliphatic rings. The number of aryl methyl sites for hydroxylation is 1. The minimum Gasteiger partial charge on any atom is -0.459 e. The van der Waals surface area contributed by atoms with Crippen molar-refractivity contribution in [2.75, 3.05) is 18.4 Å². The molecule has 1 fully saturated rings. The smallest absolute Gasteiger partial charge is 0.289 e. The topological polar surface area (TPSA) is 71.8 Å². The fourth-order valence-electron chi connectivity index (χ4n) is 3.59. The molecule has 1 aromatic heterocycles. The minimum atomic E-state index is -0.334. The second-order valence-corrected chi connectivity index (χ2v) is 8.05. The molecule has 0 bridgehead atoms. The predicted molar refractivity (Wildman–Crippen MR) is 119 cm³/mol. The number of hydrogen-bond acceptors (Lipinski definition) is 4. The van der Waals surface area contributed by atoms with Gasteiger partial charge in [-0.25, -0.2) is 0 Å². The standard InChI is InChI=1S/C24H23ClN2O4/c1-16-6-9-19(10-7-16)31-21-11-8-18(25)14-20(21)26-23(28)17-4-2-12-27(15-17)24(29)22-5-3-13-30-22/h3,5-11,13-14,17H,2,4,12,15H2,1H3,(H,26,28)/t17-/m1/s1. The lowest BCUT2D eigenvalue weighted by Gasteiger charge is -2.31. The molecule has 6 nitrogen and oxygen atoms in total. The van der Waals surface area contributed by atoms with Gasteiger partial charge in [0, 0.05) is 18.1 Å². The average Bonchev–Trinajstić information content (AvgIpc) is 3.31. The summed E-state index contributed by atoms with van der Waals surface area (Å²) in [7, 11) is 0. The Bertz CT molecular complexity index is 1060. The van der Waals surface area contributed by atoms with Gasteiger partial charge in [-0.2, -0.15) is 0 Å². The van der Waals surface area contributed by atoms with Gasteiger partial charge in [-0.1, -0.05) is 29.3 Å². The predicted octanol–water partition coefficient (Wildman–Crippen LogP) is 5.52. The Balaban J connectivity index is 1.47. The first kappa shape index (κ1) is 21.0. The van der Waals surface area contributed by atoms with Gasteiger partial charge in [-0.05, 0) is 62.2 Å². The molecule has 0 unspecified atom stereocenters. The summed E-state index contributed by atoms with van der Waals surface area (Å²) in [5.74, 6) is 0.738. The quantitative estimate of drug-likeness (QED) is 0.569. The van der Waals surface area contributed by atoms with E-state index in [2.05, 4.69) is 5.32 Å². The van der Waals surface area contributed by atoms with Gasteiger partial charge in [0.15, 0.2) is 11.5 Å². The molecule has 1 saturated heterocycles. The summed E-state index contributed by atoms with van der Waals surface area (Å²) in [5.41, 5.74) is 1.62. The van der Waals surface area contributed by atoms with Crippen LogP contribution < -0.4 is 10.1 Å². The van der Waals surface area contributed by atoms with Crippen molar-refractivity contribution < 1.29 is 18.7 Å². The van der Waals surface area contributed by atoms with Crippen molar-refractivity contribution in [2.24, 2.45) is 5.92 Å². The third kappa shape index (κ3) is 5.09. The normalized spacial score (nSPS) is 16.1. The number of amides is 2. The average molecular weight is 439 g/mol. The molecular weight excluding hydrogens is 416 g/mol. The number of halogens is 1. The maximum absolute atomic E-state index is 13.0. The van der Waals surface area contributed by atoms with E-state index in [0.29, 0.717) is 41.7 Å². The summed E-state index contributed by atoms with van der Waals surface area (Å²) in [5, 5.41) is 3.43. The van der Waals surface area contributed by atoms with Crippen molar-refractivity contribution >= 4 is 29.1 Å². The van der Waals surface area contributed by atoms with Gasteiger partial charge in [-0.3, -0.25) is 9.59 Å². The van der Waals surface area contributed by atoms with Gasteiger partial charge < -0.3 is 19.4 Å². The van der Waals surface area contributed by atoms with Gasteiger partial charge in [0.05, 0.1) is 17.9 Å². The molecule has 0 saturated carbocycles. The molecule has 0 spiro atoms. The van der Waals surface area contributed by atoms with E-state index < -0.39 is 0 Å². The summed E-state index contributed by atoms with van der Waals surface area (Å²) in [6, 6.07) is 16.1. The first-order valence-corrected chi connectivity index (χ1v) is 10.5. The van der Waals surface area contributed by atoms with E-state index in [1.165, 1.54) is 6.26 Å². The van der Waals surface area contributed by atoms with Gasteiger partial charge in [0.25, 0.3) is 5.91 Å². The lowest BCUT2D eigenvalue weighted by atomic mass is 9.96. The zero-order valence-corrected chi connectivity index (χ0v) is 17.9. The number of ether oxygens (including phenoxy) is 1. The largest absolute Gasteiger partial charge is 0.459 e. The van der Waals surface area contributed by atoms with Crippen LogP contribution in [0.5, 0.6) is 11.5 Å². The fourth-order valence-corrected chi connectivity index (χ4v) is 3.76. The van der Waals surface area contributed by atoms with Crippen LogP contribution in [-0.4, -0.2) is 29.8 Å². The lowest BCUT2D eigenvalue weighted by molar-refractivity contribution is -0.121. The number of rotatable bonds is 5. The van der Waals surface area contributed by atoms with Crippen molar-refractivity contribution in [3.63, 3.8) is 0 Å². The van der Waals surface area contributed by atoms with Gasteiger partial charge in [-0.15, -0.1) is 0 Å². The van der Waals surface area contributed by atoms with E-state index in [9.17, 15) is 9.59 Å². The highest BCUT2D eigenvalue weighted by Gasteiger charge is 2.30. The van der Waals surface area contributed by atoms with E-state index >= 15 is 0 Å². The van der Waals surface area contributed by atoms with Crippen LogP contribution in [0.25, 0.3) is 0 Å². The molecule has 160 valence electrons. The molecule has 1 N–H and O–H groups in total. The minimum absolute atomic E-state index is 0.173. The van der Waals surface area contributed by atoms with Crippen LogP contribution in [-0.2, 0) is 4.79 Å². The molecule has 2 amide bonds. The van der Waals surface area contributed by atoms with E-state index in [4.69, 9.17) is 20.8 Å². The lowest BCUT2D eigenvalue weighted by Crippen LogP contribution is -2.43. The number of likely N-dealkylation sites (tertiary alicyclic amines) is 1. The van der Waals surface area contributed by atoms with Gasteiger partial charge >= 0.3 is 0 Å². The maximum atomic E-state index is 13.0. The number of nitrogens with zero attached hydrogens (tertiary/aromatic N) is 1. The first-order valence-electron chi connectivity index (χ1n) is 10.2. The number of nitrogens with one attached hydrogen (secondary N) is 1. The highest BCUT2D eigenvalue weighted by molar-refractivity contribution is 6.31. The van der Waals surface area contributed by atoms with Crippen LogP contribution in [0.3, 0.4) is 0 Å². The Hall–Kier alpha value is -3.25. The fraction of sp³-hybridized carbons (Fsp3) is 0.250. The Morgan fingerprint density at radius 3 is 2.71 bits per heavy atom. The molecule has 31 heavy (non-hydrogen) atoms. The van der Waals surface area contributed by atoms with Crippen LogP contribution in [0.2, 0.25) is 5.02 Å². The Labute approximate surface area is 185 Å². The Morgan fingerprint density at radius 2 is 1.97 bits per heavy atom. The number of carbonyl (C=O) groups is 2. The van der Waals surface area contributed by atoms with Crippen LogP contribution in [0.4, 0.5) is 5.69 Å². The molecule has 0 aliphatic carbocycles. The summed E-state index contributed by atoms with van der Waals surface area (Å²) in [6.07, 6.45) is 2.91. The molecule has 4 rings (SSSR count). The SMILES string of the molecule is Cc1ccc(Oc2ccc(Cl)cc2NC(=O)[C@@H]2CCCN(C(=O)c3ccco3)C2)cc1. The van der Waals surface area contributed by atoms with Gasteiger partial charge in [0.1, 0.15) is 5.75 Å². The summed E-state index contributed by atoms with van der Waals surface area (Å²) in [4.78, 5) is 27.2. The Morgan fingerprint density at radius 1 is 1.16 bits per heavy atom. The molecule has 3 aromatic rings. The monoisotopic (exact) mass is 438 g/mol. The Kier molecular flexibility index (Phi) is 6.28. The second-order valence-electron chi connectivity index (χ2n) is 7.61. The maximum Gasteiger partial charge on any atom is 0.289 e. The second kappa shape index (κ2) is 9.27. The van der Waals surface area contributed by atoms with Crippen LogP contribution in [0, 0.1) is 12.8 Å². The number of piperidine rings is 1. The molecule has 2 aromatic carbocycles. The third-order valence-corrected chi connectivity index (χ3v) is 5.49. The summed E-state index contributed by atoms with van der Waals surface area (Å²) < 4.78 is 11.2. The van der Waals surface area contributed by atoms with E-state index in [1.807, 2.05) is 31.2 Å². The molecule has 2 heterocycles. The van der Waals surface area contributed by atoms with Crippen molar-refractivity contribution in [1.29, 1.82) is 0 Å². The molecule has 1 atom stereocenters. The zero-order chi connectivity index (χ0) is 21.8. The highest BCUT2D eigenvalue weighted by atomic mass is 35.5. The highest BCUT2D eigenvalue weighted by Crippen LogP contribution is 2.33. The van der Waals surface area contributed by atoms with Crippen LogP contribution in [0.15, 0.2) is 65.3 Å². The van der Waals surface area contributed by atoms with E-state index in [0.717, 1.165) is 12.0 Å². The number of hydrogen-bond donors (Lipinski definition) is 1.